The van der Waals surface area contributed by atoms with Gasteiger partial charge in [0.25, 0.3) is 0 Å². The van der Waals surface area contributed by atoms with Gasteiger partial charge >= 0.3 is 6.09 Å². The summed E-state index contributed by atoms with van der Waals surface area (Å²) in [5.41, 5.74) is 5.74. The van der Waals surface area contributed by atoms with Crippen LogP contribution in [0, 0.1) is 11.3 Å². The lowest BCUT2D eigenvalue weighted by Gasteiger charge is -2.43. The summed E-state index contributed by atoms with van der Waals surface area (Å²) < 4.78 is 16.6. The molecule has 0 bridgehead atoms. The van der Waals surface area contributed by atoms with E-state index in [0.29, 0.717) is 66.5 Å². The highest BCUT2D eigenvalue weighted by molar-refractivity contribution is 8.03. The molecule has 1 spiro atoms. The Labute approximate surface area is 278 Å². The fourth-order valence-corrected chi connectivity index (χ4v) is 7.54. The molecule has 46 heavy (non-hydrogen) atoms. The summed E-state index contributed by atoms with van der Waals surface area (Å²) in [7, 11) is 1.57. The summed E-state index contributed by atoms with van der Waals surface area (Å²) in [5.74, 6) is -0.533. The first-order chi connectivity index (χ1) is 21.7. The number of carbonyl (C=O) groups is 3. The predicted octanol–water partition coefficient (Wildman–Crippen LogP) is 3.77. The number of nitrogens with two attached hydrogens (primary N) is 1. The average Bonchev–Trinajstić information content (AvgIpc) is 3.27. The number of nitrogens with zero attached hydrogens (tertiary/aromatic N) is 5. The number of nitrogens with one attached hydrogen (secondary N) is 1. The van der Waals surface area contributed by atoms with Gasteiger partial charge in [-0.3, -0.25) is 14.6 Å². The van der Waals surface area contributed by atoms with E-state index in [9.17, 15) is 14.4 Å². The van der Waals surface area contributed by atoms with Crippen LogP contribution in [0.4, 0.5) is 16.4 Å². The van der Waals surface area contributed by atoms with Crippen LogP contribution in [0.25, 0.3) is 0 Å². The molecular weight excluding hydrogens is 634 g/mol. The molecule has 4 heterocycles. The summed E-state index contributed by atoms with van der Waals surface area (Å²) >= 11 is 7.96. The molecule has 4 atom stereocenters. The number of allylic oxidation sites excluding steroid dienone is 1. The van der Waals surface area contributed by atoms with Crippen LogP contribution in [-0.4, -0.2) is 103 Å². The van der Waals surface area contributed by atoms with Gasteiger partial charge in [-0.1, -0.05) is 29.4 Å². The highest BCUT2D eigenvalue weighted by Crippen LogP contribution is 2.45. The van der Waals surface area contributed by atoms with Gasteiger partial charge in [-0.05, 0) is 46.6 Å². The lowest BCUT2D eigenvalue weighted by Crippen LogP contribution is -2.55. The number of anilines is 2. The van der Waals surface area contributed by atoms with Gasteiger partial charge in [-0.2, -0.15) is 0 Å². The topological polar surface area (TPSA) is 162 Å². The van der Waals surface area contributed by atoms with Crippen molar-refractivity contribution >= 4 is 59.1 Å². The number of nitrogen functional groups attached to an aromatic ring is 1. The minimum atomic E-state index is -0.673. The van der Waals surface area contributed by atoms with Crippen LogP contribution in [0.15, 0.2) is 32.1 Å². The largest absolute Gasteiger partial charge is 0.444 e. The van der Waals surface area contributed by atoms with Gasteiger partial charge in [0.1, 0.15) is 22.2 Å². The van der Waals surface area contributed by atoms with Gasteiger partial charge in [0, 0.05) is 42.5 Å². The van der Waals surface area contributed by atoms with Gasteiger partial charge in [-0.25, -0.2) is 14.8 Å². The molecule has 5 rings (SSSR count). The van der Waals surface area contributed by atoms with Crippen molar-refractivity contribution in [3.05, 3.63) is 27.8 Å². The molecule has 3 aliphatic heterocycles. The predicted molar refractivity (Wildman–Crippen MR) is 176 cm³/mol. The second-order valence-electron chi connectivity index (χ2n) is 13.1. The lowest BCUT2D eigenvalue weighted by atomic mass is 9.73. The maximum absolute atomic E-state index is 13.2. The van der Waals surface area contributed by atoms with E-state index in [0.717, 1.165) is 11.8 Å². The van der Waals surface area contributed by atoms with Crippen molar-refractivity contribution in [1.82, 2.24) is 20.2 Å². The SMILES string of the molecule is COCCN1C=NC2C=CC(Sc3nc(C(C)=O)c(N4CCC5(CC4)CO[C@@H](C)[C@H]5NC(=O)OC(C)(C)C)nc3N)=C(Cl)C2C1=O. The number of aromatic nitrogens is 2. The minimum Gasteiger partial charge on any atom is -0.444 e. The van der Waals surface area contributed by atoms with Crippen LogP contribution in [0.3, 0.4) is 0 Å². The van der Waals surface area contributed by atoms with Crippen LogP contribution in [-0.2, 0) is 19.0 Å². The Hall–Kier alpha value is -3.20. The van der Waals surface area contributed by atoms with E-state index in [1.54, 1.807) is 13.2 Å². The highest BCUT2D eigenvalue weighted by Gasteiger charge is 2.51. The summed E-state index contributed by atoms with van der Waals surface area (Å²) in [5, 5.41) is 3.71. The number of Topliss-reactive ketones (excluding diaryl/α,β-unsaturated/α-hetero) is 1. The molecule has 0 aromatic carbocycles. The zero-order valence-electron chi connectivity index (χ0n) is 27.0. The van der Waals surface area contributed by atoms with E-state index in [1.165, 1.54) is 18.2 Å². The Kier molecular flexibility index (Phi) is 10.0. The average molecular weight is 676 g/mol. The molecule has 1 aromatic heterocycles. The molecule has 3 N–H and O–H groups in total. The van der Waals surface area contributed by atoms with E-state index in [4.69, 9.17) is 31.5 Å². The number of carbonyl (C=O) groups excluding carboxylic acids is 3. The third-order valence-electron chi connectivity index (χ3n) is 8.66. The van der Waals surface area contributed by atoms with E-state index in [2.05, 4.69) is 20.3 Å². The molecule has 4 aliphatic rings. The summed E-state index contributed by atoms with van der Waals surface area (Å²) in [6.07, 6.45) is 5.90. The number of piperidine rings is 1. The van der Waals surface area contributed by atoms with Crippen molar-refractivity contribution in [2.75, 3.05) is 50.6 Å². The number of fused-ring (bicyclic) bond motifs is 1. The molecular formula is C31H42ClN7O6S. The first-order valence-electron chi connectivity index (χ1n) is 15.4. The second-order valence-corrected chi connectivity index (χ2v) is 14.5. The molecule has 2 amide bonds. The van der Waals surface area contributed by atoms with Crippen molar-refractivity contribution < 1.29 is 28.6 Å². The first-order valence-corrected chi connectivity index (χ1v) is 16.6. The van der Waals surface area contributed by atoms with Crippen LogP contribution >= 0.6 is 23.4 Å². The molecule has 2 unspecified atom stereocenters. The Balaban J connectivity index is 1.33. The van der Waals surface area contributed by atoms with Gasteiger partial charge in [-0.15, -0.1) is 0 Å². The third kappa shape index (κ3) is 7.04. The van der Waals surface area contributed by atoms with Crippen LogP contribution < -0.4 is 16.0 Å². The van der Waals surface area contributed by atoms with Gasteiger partial charge in [0.2, 0.25) is 5.91 Å². The quantitative estimate of drug-likeness (QED) is 0.386. The highest BCUT2D eigenvalue weighted by atomic mass is 35.5. The number of alkyl carbamates (subject to hydrolysis) is 1. The van der Waals surface area contributed by atoms with Gasteiger partial charge in [0.15, 0.2) is 17.4 Å². The third-order valence-corrected chi connectivity index (χ3v) is 10.3. The Bertz CT molecular complexity index is 1470. The van der Waals surface area contributed by atoms with Crippen molar-refractivity contribution in [2.45, 2.75) is 76.3 Å². The lowest BCUT2D eigenvalue weighted by molar-refractivity contribution is -0.131. The van der Waals surface area contributed by atoms with Crippen molar-refractivity contribution in [3.8, 4) is 0 Å². The number of thioether (sulfide) groups is 1. The number of rotatable bonds is 8. The Morgan fingerprint density at radius 3 is 2.63 bits per heavy atom. The zero-order valence-corrected chi connectivity index (χ0v) is 28.6. The maximum Gasteiger partial charge on any atom is 0.407 e. The van der Waals surface area contributed by atoms with Crippen molar-refractivity contribution in [1.29, 1.82) is 0 Å². The molecule has 1 aromatic rings. The summed E-state index contributed by atoms with van der Waals surface area (Å²) in [6.45, 7) is 11.3. The smallest absolute Gasteiger partial charge is 0.407 e. The van der Waals surface area contributed by atoms with Gasteiger partial charge in [0.05, 0.1) is 44.3 Å². The standard InChI is InChI=1S/C31H42ClN7O6S/c1-17(40)23-26(38-11-9-31(10-12-38)15-44-18(2)24(31)36-29(42)45-30(3,4)5)37-25(33)27(35-23)46-20-8-7-19-21(22(20)32)28(41)39(16-34-19)13-14-43-6/h7-8,16,18-19,21,24H,9-15H2,1-6H3,(H2,33,37)(H,36,42)/t18-,19?,21?,24+/m0/s1. The molecule has 0 saturated carbocycles. The molecule has 2 saturated heterocycles. The maximum atomic E-state index is 13.2. The number of hydrogen-bond donors (Lipinski definition) is 2. The number of hydrogen-bond acceptors (Lipinski definition) is 12. The molecule has 2 fully saturated rings. The number of aliphatic imine (C=N–C) groups is 1. The molecule has 1 aliphatic carbocycles. The first kappa shape index (κ1) is 34.1. The van der Waals surface area contributed by atoms with E-state index in [-0.39, 0.29) is 40.8 Å². The fourth-order valence-electron chi connectivity index (χ4n) is 6.27. The van der Waals surface area contributed by atoms with Crippen LogP contribution in [0.5, 0.6) is 0 Å². The number of halogens is 1. The summed E-state index contributed by atoms with van der Waals surface area (Å²) in [4.78, 5) is 56.6. The van der Waals surface area contributed by atoms with Crippen molar-refractivity contribution in [2.24, 2.45) is 16.3 Å². The van der Waals surface area contributed by atoms with E-state index in [1.807, 2.05) is 38.7 Å². The van der Waals surface area contributed by atoms with E-state index >= 15 is 0 Å². The molecule has 15 heteroatoms. The molecule has 13 nitrogen and oxygen atoms in total. The van der Waals surface area contributed by atoms with Gasteiger partial charge < -0.3 is 35.1 Å². The van der Waals surface area contributed by atoms with E-state index < -0.39 is 23.7 Å². The minimum absolute atomic E-state index is 0.148. The molecule has 0 radical (unpaired) electrons. The molecule has 250 valence electrons. The monoisotopic (exact) mass is 675 g/mol. The second kappa shape index (κ2) is 13.5. The Morgan fingerprint density at radius 2 is 1.98 bits per heavy atom. The van der Waals surface area contributed by atoms with Crippen LogP contribution in [0.1, 0.15) is 57.9 Å². The zero-order chi connectivity index (χ0) is 33.4. The number of ketones is 1. The Morgan fingerprint density at radius 1 is 1.26 bits per heavy atom. The fraction of sp³-hybridized carbons (Fsp3) is 0.613. The van der Waals surface area contributed by atoms with Crippen LogP contribution in [0.2, 0.25) is 0 Å². The number of amides is 2. The number of ether oxygens (including phenoxy) is 3. The normalized spacial score (nSPS) is 25.7. The van der Waals surface area contributed by atoms with Crippen molar-refractivity contribution in [3.63, 3.8) is 0 Å². The number of methoxy groups -OCH3 is 1. The summed E-state index contributed by atoms with van der Waals surface area (Å²) in [6, 6.07) is -0.627.